The van der Waals surface area contributed by atoms with Crippen molar-refractivity contribution in [2.75, 3.05) is 18.1 Å². The van der Waals surface area contributed by atoms with Gasteiger partial charge in [-0.2, -0.15) is 0 Å². The number of carboxylic acid groups (broad SMARTS) is 1. The van der Waals surface area contributed by atoms with E-state index in [1.807, 2.05) is 6.07 Å². The van der Waals surface area contributed by atoms with Gasteiger partial charge in [0.1, 0.15) is 22.9 Å². The molecule has 3 N–H and O–H groups in total. The summed E-state index contributed by atoms with van der Waals surface area (Å²) in [5, 5.41) is 22.7. The molecule has 3 aliphatic heterocycles. The molecule has 0 spiro atoms. The lowest BCUT2D eigenvalue weighted by molar-refractivity contribution is -0.150. The lowest BCUT2D eigenvalue weighted by Crippen LogP contribution is -2.70. The Morgan fingerprint density at radius 2 is 1.88 bits per heavy atom. The number of hydrogen-bond donors (Lipinski definition) is 3. The number of rotatable bonds is 8. The predicted octanol–water partition coefficient (Wildman–Crippen LogP) is 4.54. The highest BCUT2D eigenvalue weighted by Gasteiger charge is 2.54. The Kier molecular flexibility index (Phi) is 8.81. The van der Waals surface area contributed by atoms with Gasteiger partial charge < -0.3 is 20.4 Å². The second kappa shape index (κ2) is 12.2. The Labute approximate surface area is 258 Å². The molecule has 2 saturated heterocycles. The third-order valence-corrected chi connectivity index (χ3v) is 10.2. The van der Waals surface area contributed by atoms with E-state index in [0.29, 0.717) is 50.6 Å². The smallest absolute Gasteiger partial charge is 0.352 e. The Morgan fingerprint density at radius 1 is 1.12 bits per heavy atom. The zero-order valence-electron chi connectivity index (χ0n) is 21.1. The molecule has 14 heteroatoms. The molecule has 2 atom stereocenters. The van der Waals surface area contributed by atoms with Crippen molar-refractivity contribution in [3.8, 4) is 5.75 Å². The van der Waals surface area contributed by atoms with Crippen molar-refractivity contribution in [1.29, 1.82) is 0 Å². The largest absolute Gasteiger partial charge is 0.508 e. The summed E-state index contributed by atoms with van der Waals surface area (Å²) < 4.78 is 0. The maximum Gasteiger partial charge on any atom is 0.352 e. The molecule has 0 aliphatic carbocycles. The molecule has 3 amide bonds. The number of fused-ring (bicyclic) bond motifs is 1. The second-order valence-electron chi connectivity index (χ2n) is 9.44. The first kappa shape index (κ1) is 29.7. The van der Waals surface area contributed by atoms with Crippen LogP contribution in [0.5, 0.6) is 5.75 Å². The summed E-state index contributed by atoms with van der Waals surface area (Å²) in [4.78, 5) is 54.2. The van der Waals surface area contributed by atoms with Crippen LogP contribution in [0.1, 0.15) is 12.0 Å². The number of phenols is 1. The number of allylic oxidation sites excluding steroid dienone is 1. The minimum Gasteiger partial charge on any atom is -0.508 e. The van der Waals surface area contributed by atoms with Crippen LogP contribution in [0.3, 0.4) is 0 Å². The number of likely N-dealkylation sites (tertiary alicyclic amines) is 1. The van der Waals surface area contributed by atoms with Crippen LogP contribution in [0.2, 0.25) is 15.1 Å². The summed E-state index contributed by atoms with van der Waals surface area (Å²) in [6, 6.07) is 8.80. The fourth-order valence-corrected chi connectivity index (χ4v) is 7.61. The zero-order chi connectivity index (χ0) is 29.4. The van der Waals surface area contributed by atoms with E-state index >= 15 is 0 Å². The molecular weight excluding hydrogens is 633 g/mol. The second-order valence-corrected chi connectivity index (χ2v) is 12.8. The van der Waals surface area contributed by atoms with Gasteiger partial charge in [0.25, 0.3) is 5.91 Å². The van der Waals surface area contributed by atoms with E-state index < -0.39 is 29.2 Å². The summed E-state index contributed by atoms with van der Waals surface area (Å²) in [6.45, 7) is 0.766. The fraction of sp³-hybridized carbons (Fsp3) is 0.259. The van der Waals surface area contributed by atoms with E-state index in [1.165, 1.54) is 22.7 Å². The van der Waals surface area contributed by atoms with Gasteiger partial charge >= 0.3 is 5.97 Å². The molecule has 0 radical (unpaired) electrons. The number of halogens is 3. The van der Waals surface area contributed by atoms with Crippen LogP contribution in [-0.2, 0) is 25.7 Å². The molecule has 3 aliphatic rings. The molecule has 5 rings (SSSR count). The Morgan fingerprint density at radius 3 is 2.61 bits per heavy atom. The number of carbonyl (C=O) groups excluding carboxylic acids is 3. The maximum atomic E-state index is 13.0. The van der Waals surface area contributed by atoms with Gasteiger partial charge in [0.15, 0.2) is 0 Å². The summed E-state index contributed by atoms with van der Waals surface area (Å²) in [5.41, 5.74) is 1.41. The molecule has 3 heterocycles. The van der Waals surface area contributed by atoms with Crippen molar-refractivity contribution < 1.29 is 29.4 Å². The molecule has 214 valence electrons. The van der Waals surface area contributed by atoms with Crippen LogP contribution in [0, 0.1) is 0 Å². The topological polar surface area (TPSA) is 127 Å². The molecule has 2 fully saturated rings. The van der Waals surface area contributed by atoms with Gasteiger partial charge in [-0.05, 0) is 47.9 Å². The van der Waals surface area contributed by atoms with E-state index in [-0.39, 0.29) is 28.9 Å². The molecule has 9 nitrogen and oxygen atoms in total. The van der Waals surface area contributed by atoms with Gasteiger partial charge in [0.05, 0.1) is 20.8 Å². The molecule has 0 aromatic heterocycles. The highest BCUT2D eigenvalue weighted by Crippen LogP contribution is 2.41. The highest BCUT2D eigenvalue weighted by molar-refractivity contribution is 8.00. The fourth-order valence-electron chi connectivity index (χ4n) is 4.76. The van der Waals surface area contributed by atoms with E-state index in [0.717, 1.165) is 17.3 Å². The first-order chi connectivity index (χ1) is 19.5. The number of β-lactam (4-membered cyclic amide) rings is 1. The molecule has 2 aromatic carbocycles. The quantitative estimate of drug-likeness (QED) is 0.164. The molecular formula is C27H22Cl3N3O6S2. The SMILES string of the molecule is O=C(CSc1cc(Cl)c(Cl)cc1Cl)NC1C(=O)N2C(C(=O)O)=C(C=C3CCN(Cc4cccc(O)c4)C3=O)CSC12. The number of amides is 3. The number of carboxylic acids is 1. The third kappa shape index (κ3) is 6.19. The number of benzene rings is 2. The number of aromatic hydroxyl groups is 1. The third-order valence-electron chi connectivity index (χ3n) is 6.70. The molecule has 0 saturated carbocycles. The summed E-state index contributed by atoms with van der Waals surface area (Å²) in [5.74, 6) is -2.15. The van der Waals surface area contributed by atoms with Gasteiger partial charge in [-0.15, -0.1) is 23.5 Å². The first-order valence-electron chi connectivity index (χ1n) is 12.3. The maximum absolute atomic E-state index is 13.0. The highest BCUT2D eigenvalue weighted by atomic mass is 35.5. The first-order valence-corrected chi connectivity index (χ1v) is 15.5. The monoisotopic (exact) mass is 653 g/mol. The number of phenolic OH excluding ortho intramolecular Hbond substituents is 1. The zero-order valence-corrected chi connectivity index (χ0v) is 25.0. The van der Waals surface area contributed by atoms with Crippen LogP contribution in [0.4, 0.5) is 0 Å². The van der Waals surface area contributed by atoms with Crippen LogP contribution in [0.25, 0.3) is 0 Å². The van der Waals surface area contributed by atoms with Crippen molar-refractivity contribution in [2.45, 2.75) is 29.3 Å². The van der Waals surface area contributed by atoms with Gasteiger partial charge in [0.2, 0.25) is 11.8 Å². The van der Waals surface area contributed by atoms with Crippen LogP contribution in [0.15, 0.2) is 64.2 Å². The van der Waals surface area contributed by atoms with Gasteiger partial charge in [-0.1, -0.05) is 46.9 Å². The van der Waals surface area contributed by atoms with Crippen molar-refractivity contribution >= 4 is 82.0 Å². The summed E-state index contributed by atoms with van der Waals surface area (Å²) in [6.07, 6.45) is 1.99. The van der Waals surface area contributed by atoms with Crippen LogP contribution in [-0.4, -0.2) is 73.2 Å². The van der Waals surface area contributed by atoms with Crippen molar-refractivity contribution in [2.24, 2.45) is 0 Å². The lowest BCUT2D eigenvalue weighted by Gasteiger charge is -2.49. The van der Waals surface area contributed by atoms with E-state index in [9.17, 15) is 29.4 Å². The molecule has 2 unspecified atom stereocenters. The number of nitrogens with one attached hydrogen (secondary N) is 1. The van der Waals surface area contributed by atoms with Crippen LogP contribution < -0.4 is 5.32 Å². The Hall–Kier alpha value is -2.83. The number of hydrogen-bond acceptors (Lipinski definition) is 7. The van der Waals surface area contributed by atoms with E-state index in [4.69, 9.17) is 34.8 Å². The molecule has 2 aromatic rings. The van der Waals surface area contributed by atoms with Gasteiger partial charge in [0, 0.05) is 29.3 Å². The predicted molar refractivity (Wildman–Crippen MR) is 158 cm³/mol. The standard InChI is InChI=1S/C27H22Cl3N3O6S2/c28-17-8-19(30)20(9-18(17)29)40-12-21(35)31-22-25(37)33-23(27(38)39)15(11-41-26(22)33)7-14-4-5-32(24(14)36)10-13-2-1-3-16(34)6-13/h1-3,6-9,22,26,34H,4-5,10-12H2,(H,31,35)(H,38,39). The minimum absolute atomic E-state index is 0.0426. The van der Waals surface area contributed by atoms with E-state index in [1.54, 1.807) is 35.2 Å². The van der Waals surface area contributed by atoms with Gasteiger partial charge in [-0.3, -0.25) is 19.3 Å². The number of carbonyl (C=O) groups is 4. The summed E-state index contributed by atoms with van der Waals surface area (Å²) >= 11 is 20.6. The Balaban J connectivity index is 1.25. The van der Waals surface area contributed by atoms with Crippen LogP contribution >= 0.6 is 58.3 Å². The molecule has 0 bridgehead atoms. The van der Waals surface area contributed by atoms with Crippen molar-refractivity contribution in [3.63, 3.8) is 0 Å². The minimum atomic E-state index is -1.29. The lowest BCUT2D eigenvalue weighted by atomic mass is 10.0. The van der Waals surface area contributed by atoms with Crippen molar-refractivity contribution in [3.05, 3.63) is 79.9 Å². The number of thioether (sulfide) groups is 2. The average molecular weight is 655 g/mol. The van der Waals surface area contributed by atoms with Gasteiger partial charge in [-0.25, -0.2) is 4.79 Å². The number of nitrogens with zero attached hydrogens (tertiary/aromatic N) is 2. The summed E-state index contributed by atoms with van der Waals surface area (Å²) in [7, 11) is 0. The normalized spacial score (nSPS) is 21.3. The average Bonchev–Trinajstić information content (AvgIpc) is 3.26. The Bertz CT molecular complexity index is 1530. The van der Waals surface area contributed by atoms with Crippen molar-refractivity contribution in [1.82, 2.24) is 15.1 Å². The number of aliphatic carboxylic acids is 1. The molecule has 41 heavy (non-hydrogen) atoms. The van der Waals surface area contributed by atoms with E-state index in [2.05, 4.69) is 5.32 Å².